The molecule has 0 bridgehead atoms. The van der Waals surface area contributed by atoms with Crippen LogP contribution in [0, 0.1) is 6.92 Å². The summed E-state index contributed by atoms with van der Waals surface area (Å²) in [6.07, 6.45) is 2.02. The number of hydrogen-bond acceptors (Lipinski definition) is 3. The maximum Gasteiger partial charge on any atom is 0.195 e. The number of ketones is 1. The molecule has 1 aromatic carbocycles. The summed E-state index contributed by atoms with van der Waals surface area (Å²) in [5.74, 6) is 0.456. The highest BCUT2D eigenvalue weighted by Crippen LogP contribution is 2.28. The molecule has 2 rings (SSSR count). The predicted molar refractivity (Wildman–Crippen MR) is 62.7 cm³/mol. The van der Waals surface area contributed by atoms with E-state index in [4.69, 9.17) is 4.42 Å². The van der Waals surface area contributed by atoms with Gasteiger partial charge in [0.05, 0.1) is 0 Å². The highest BCUT2D eigenvalue weighted by molar-refractivity contribution is 7.98. The number of fused-ring (bicyclic) bond motifs is 1. The molecule has 1 aromatic heterocycles. The van der Waals surface area contributed by atoms with Gasteiger partial charge >= 0.3 is 0 Å². The van der Waals surface area contributed by atoms with Crippen molar-refractivity contribution in [2.75, 3.05) is 6.26 Å². The van der Waals surface area contributed by atoms with Gasteiger partial charge in [-0.25, -0.2) is 0 Å². The zero-order chi connectivity index (χ0) is 11.0. The molecule has 78 valence electrons. The first-order chi connectivity index (χ1) is 7.13. The lowest BCUT2D eigenvalue weighted by Crippen LogP contribution is -1.90. The molecule has 0 spiro atoms. The summed E-state index contributed by atoms with van der Waals surface area (Å²) >= 11 is 1.66. The third-order valence-corrected chi connectivity index (χ3v) is 3.19. The summed E-state index contributed by atoms with van der Waals surface area (Å²) in [5.41, 5.74) is 1.73. The fourth-order valence-electron chi connectivity index (χ4n) is 1.67. The Morgan fingerprint density at radius 1 is 1.40 bits per heavy atom. The van der Waals surface area contributed by atoms with E-state index in [-0.39, 0.29) is 5.78 Å². The lowest BCUT2D eigenvalue weighted by atomic mass is 10.1. The van der Waals surface area contributed by atoms with Crippen LogP contribution in [0.5, 0.6) is 0 Å². The van der Waals surface area contributed by atoms with Crippen molar-refractivity contribution in [1.82, 2.24) is 0 Å². The second kappa shape index (κ2) is 3.74. The Hall–Kier alpha value is -1.22. The van der Waals surface area contributed by atoms with Crippen LogP contribution in [0.3, 0.4) is 0 Å². The van der Waals surface area contributed by atoms with Crippen LogP contribution in [0.1, 0.15) is 23.0 Å². The fraction of sp³-hybridized carbons (Fsp3) is 0.250. The molecule has 15 heavy (non-hydrogen) atoms. The monoisotopic (exact) mass is 220 g/mol. The molecule has 0 unspecified atom stereocenters. The molecule has 0 N–H and O–H groups in total. The summed E-state index contributed by atoms with van der Waals surface area (Å²) in [5, 5.41) is 1.03. The van der Waals surface area contributed by atoms with Crippen LogP contribution >= 0.6 is 11.8 Å². The number of hydrogen-bond donors (Lipinski definition) is 0. The number of Topliss-reactive ketones (excluding diaryl/α,β-unsaturated/α-hetero) is 1. The van der Waals surface area contributed by atoms with E-state index in [9.17, 15) is 4.79 Å². The number of furan rings is 1. The third kappa shape index (κ3) is 1.67. The molecule has 3 heteroatoms. The van der Waals surface area contributed by atoms with Gasteiger partial charge in [0.15, 0.2) is 11.5 Å². The summed E-state index contributed by atoms with van der Waals surface area (Å²) in [7, 11) is 0. The number of aryl methyl sites for hydroxylation is 1. The zero-order valence-corrected chi connectivity index (χ0v) is 9.77. The van der Waals surface area contributed by atoms with Crippen LogP contribution in [-0.4, -0.2) is 12.0 Å². The van der Waals surface area contributed by atoms with E-state index in [2.05, 4.69) is 0 Å². The van der Waals surface area contributed by atoms with Gasteiger partial charge in [-0.05, 0) is 31.4 Å². The maximum atomic E-state index is 11.3. The molecule has 1 heterocycles. The lowest BCUT2D eigenvalue weighted by Gasteiger charge is -1.94. The normalized spacial score (nSPS) is 10.9. The van der Waals surface area contributed by atoms with Gasteiger partial charge < -0.3 is 4.42 Å². The summed E-state index contributed by atoms with van der Waals surface area (Å²) in [4.78, 5) is 12.4. The first-order valence-electron chi connectivity index (χ1n) is 4.71. The Kier molecular flexibility index (Phi) is 2.57. The van der Waals surface area contributed by atoms with Crippen molar-refractivity contribution in [3.63, 3.8) is 0 Å². The summed E-state index contributed by atoms with van der Waals surface area (Å²) < 4.78 is 5.54. The topological polar surface area (TPSA) is 30.2 Å². The number of carbonyl (C=O) groups is 1. The zero-order valence-electron chi connectivity index (χ0n) is 8.96. The van der Waals surface area contributed by atoms with Crippen LogP contribution in [-0.2, 0) is 0 Å². The van der Waals surface area contributed by atoms with Gasteiger partial charge in [0, 0.05) is 22.8 Å². The van der Waals surface area contributed by atoms with Gasteiger partial charge in [0.2, 0.25) is 0 Å². The van der Waals surface area contributed by atoms with Gasteiger partial charge in [-0.15, -0.1) is 11.8 Å². The molecule has 0 radical (unpaired) electrons. The molecule has 0 saturated heterocycles. The van der Waals surface area contributed by atoms with Gasteiger partial charge in [0.1, 0.15) is 5.58 Å². The van der Waals surface area contributed by atoms with E-state index in [0.29, 0.717) is 5.76 Å². The van der Waals surface area contributed by atoms with Gasteiger partial charge in [-0.1, -0.05) is 0 Å². The Labute approximate surface area is 92.7 Å². The Bertz CT molecular complexity index is 526. The highest BCUT2D eigenvalue weighted by atomic mass is 32.2. The molecule has 0 aliphatic heterocycles. The molecule has 0 aliphatic rings. The number of thioether (sulfide) groups is 1. The van der Waals surface area contributed by atoms with Crippen molar-refractivity contribution in [1.29, 1.82) is 0 Å². The van der Waals surface area contributed by atoms with Crippen molar-refractivity contribution in [2.45, 2.75) is 18.7 Å². The average Bonchev–Trinajstić information content (AvgIpc) is 2.55. The predicted octanol–water partition coefficient (Wildman–Crippen LogP) is 3.67. The van der Waals surface area contributed by atoms with Crippen LogP contribution in [0.4, 0.5) is 0 Å². The lowest BCUT2D eigenvalue weighted by molar-refractivity contribution is 0.0988. The van der Waals surface area contributed by atoms with Crippen molar-refractivity contribution in [3.05, 3.63) is 29.5 Å². The van der Waals surface area contributed by atoms with Crippen LogP contribution in [0.15, 0.2) is 27.5 Å². The number of carbonyl (C=O) groups excluding carboxylic acids is 1. The van der Waals surface area contributed by atoms with Crippen LogP contribution in [0.2, 0.25) is 0 Å². The maximum absolute atomic E-state index is 11.3. The van der Waals surface area contributed by atoms with Crippen molar-refractivity contribution >= 4 is 28.5 Å². The van der Waals surface area contributed by atoms with Crippen molar-refractivity contribution in [2.24, 2.45) is 0 Å². The van der Waals surface area contributed by atoms with Crippen molar-refractivity contribution < 1.29 is 9.21 Å². The van der Waals surface area contributed by atoms with Gasteiger partial charge in [-0.3, -0.25) is 4.79 Å². The first-order valence-corrected chi connectivity index (χ1v) is 5.94. The molecular formula is C12H12O2S. The van der Waals surface area contributed by atoms with Gasteiger partial charge in [0.25, 0.3) is 0 Å². The second-order valence-corrected chi connectivity index (χ2v) is 4.35. The minimum atomic E-state index is -0.0191. The quantitative estimate of drug-likeness (QED) is 0.571. The smallest absolute Gasteiger partial charge is 0.195 e. The molecule has 0 saturated carbocycles. The van der Waals surface area contributed by atoms with Crippen LogP contribution < -0.4 is 0 Å². The highest BCUT2D eigenvalue weighted by Gasteiger charge is 2.13. The molecule has 2 aromatic rings. The van der Waals surface area contributed by atoms with Crippen molar-refractivity contribution in [3.8, 4) is 0 Å². The largest absolute Gasteiger partial charge is 0.453 e. The molecule has 0 fully saturated rings. The van der Waals surface area contributed by atoms with E-state index in [0.717, 1.165) is 21.4 Å². The number of rotatable bonds is 2. The Morgan fingerprint density at radius 2 is 2.13 bits per heavy atom. The summed E-state index contributed by atoms with van der Waals surface area (Å²) in [6, 6.07) is 6.02. The van der Waals surface area contributed by atoms with E-state index < -0.39 is 0 Å². The summed E-state index contributed by atoms with van der Waals surface area (Å²) in [6.45, 7) is 3.45. The van der Waals surface area contributed by atoms with E-state index >= 15 is 0 Å². The molecule has 0 atom stereocenters. The molecule has 2 nitrogen and oxygen atoms in total. The number of benzene rings is 1. The third-order valence-electron chi connectivity index (χ3n) is 2.47. The van der Waals surface area contributed by atoms with E-state index in [1.165, 1.54) is 6.92 Å². The standard InChI is InChI=1S/C12H12O2S/c1-7-10-5-4-9(15-3)6-11(10)14-12(7)8(2)13/h4-6H,1-3H3. The Morgan fingerprint density at radius 3 is 2.73 bits per heavy atom. The molecule has 0 amide bonds. The second-order valence-electron chi connectivity index (χ2n) is 3.47. The minimum Gasteiger partial charge on any atom is -0.453 e. The SMILES string of the molecule is CSc1ccc2c(C)c(C(C)=O)oc2c1. The Balaban J connectivity index is 2.70. The molecular weight excluding hydrogens is 208 g/mol. The minimum absolute atomic E-state index is 0.0191. The average molecular weight is 220 g/mol. The first kappa shape index (κ1) is 10.3. The van der Waals surface area contributed by atoms with Gasteiger partial charge in [-0.2, -0.15) is 0 Å². The van der Waals surface area contributed by atoms with Crippen LogP contribution in [0.25, 0.3) is 11.0 Å². The van der Waals surface area contributed by atoms with E-state index in [1.54, 1.807) is 11.8 Å². The van der Waals surface area contributed by atoms with E-state index in [1.807, 2.05) is 31.4 Å². The molecule has 0 aliphatic carbocycles. The fourth-order valence-corrected chi connectivity index (χ4v) is 2.10.